The third-order valence-electron chi connectivity index (χ3n) is 4.54. The van der Waals surface area contributed by atoms with Gasteiger partial charge in [0.1, 0.15) is 0 Å². The van der Waals surface area contributed by atoms with Gasteiger partial charge in [-0.3, -0.25) is 9.59 Å². The zero-order valence-corrected chi connectivity index (χ0v) is 19.2. The van der Waals surface area contributed by atoms with Crippen molar-refractivity contribution in [2.24, 2.45) is 11.3 Å². The van der Waals surface area contributed by atoms with Crippen molar-refractivity contribution in [3.63, 3.8) is 0 Å². The average Bonchev–Trinajstić information content (AvgIpc) is 2.61. The lowest BCUT2D eigenvalue weighted by atomic mass is 9.64. The van der Waals surface area contributed by atoms with E-state index in [0.29, 0.717) is 36.1 Å². The number of nitrogens with one attached hydrogen (secondary N) is 1. The van der Waals surface area contributed by atoms with E-state index in [9.17, 15) is 9.59 Å². The minimum atomic E-state index is -0.380. The Kier molecular flexibility index (Phi) is 8.55. The highest BCUT2D eigenvalue weighted by Gasteiger charge is 2.39. The van der Waals surface area contributed by atoms with Gasteiger partial charge in [-0.2, -0.15) is 0 Å². The molecule has 1 amide bonds. The molecule has 1 saturated heterocycles. The predicted molar refractivity (Wildman–Crippen MR) is 116 cm³/mol. The van der Waals surface area contributed by atoms with E-state index in [1.54, 1.807) is 18.2 Å². The summed E-state index contributed by atoms with van der Waals surface area (Å²) in [6.45, 7) is 9.58. The van der Waals surface area contributed by atoms with Gasteiger partial charge in [-0.05, 0) is 30.5 Å². The van der Waals surface area contributed by atoms with E-state index >= 15 is 0 Å². The first-order valence-electron chi connectivity index (χ1n) is 9.55. The van der Waals surface area contributed by atoms with Gasteiger partial charge >= 0.3 is 7.12 Å². The minimum absolute atomic E-state index is 0.0138. The summed E-state index contributed by atoms with van der Waals surface area (Å²) in [5.74, 6) is -0.0425. The molecule has 1 atom stereocenters. The Morgan fingerprint density at radius 1 is 1.29 bits per heavy atom. The molecule has 1 aliphatic rings. The van der Waals surface area contributed by atoms with Gasteiger partial charge in [0.2, 0.25) is 0 Å². The molecule has 154 valence electrons. The largest absolute Gasteiger partial charge is 0.460 e. The third kappa shape index (κ3) is 7.18. The van der Waals surface area contributed by atoms with Crippen LogP contribution in [0.25, 0.3) is 0 Å². The smallest absolute Gasteiger partial charge is 0.410 e. The lowest BCUT2D eigenvalue weighted by molar-refractivity contribution is -0.118. The summed E-state index contributed by atoms with van der Waals surface area (Å²) in [5, 5.41) is 3.01. The molecule has 0 unspecified atom stereocenters. The van der Waals surface area contributed by atoms with Crippen LogP contribution in [0.3, 0.4) is 0 Å². The van der Waals surface area contributed by atoms with Crippen LogP contribution in [-0.4, -0.2) is 38.6 Å². The maximum Gasteiger partial charge on any atom is 0.460 e. The number of halogens is 2. The molecule has 5 nitrogen and oxygen atoms in total. The Bertz CT molecular complexity index is 703. The molecule has 28 heavy (non-hydrogen) atoms. The summed E-state index contributed by atoms with van der Waals surface area (Å²) in [7, 11) is -0.380. The number of Topliss-reactive ketones (excluding diaryl/α,β-unsaturated/α-hetero) is 1. The van der Waals surface area contributed by atoms with E-state index in [-0.39, 0.29) is 36.6 Å². The number of hydrogen-bond donors (Lipinski definition) is 1. The topological polar surface area (TPSA) is 64.6 Å². The first kappa shape index (κ1) is 23.4. The number of benzene rings is 1. The summed E-state index contributed by atoms with van der Waals surface area (Å²) in [6, 6.07) is 5.03. The molecule has 0 aromatic heterocycles. The predicted octanol–water partition coefficient (Wildman–Crippen LogP) is 4.77. The van der Waals surface area contributed by atoms with Crippen LogP contribution in [0, 0.1) is 11.3 Å². The van der Waals surface area contributed by atoms with Crippen LogP contribution in [0.15, 0.2) is 22.7 Å². The van der Waals surface area contributed by atoms with Crippen molar-refractivity contribution >= 4 is 46.3 Å². The summed E-state index contributed by atoms with van der Waals surface area (Å²) < 4.78 is 12.5. The molecule has 1 fully saturated rings. The average molecular weight is 473 g/mol. The maximum absolute atomic E-state index is 12.5. The van der Waals surface area contributed by atoms with Crippen molar-refractivity contribution in [2.75, 3.05) is 19.8 Å². The second kappa shape index (κ2) is 10.2. The van der Waals surface area contributed by atoms with Crippen molar-refractivity contribution in [1.82, 2.24) is 5.32 Å². The maximum atomic E-state index is 12.5. The number of carbonyl (C=O) groups excluding carboxylic acids is 2. The van der Waals surface area contributed by atoms with Crippen LogP contribution in [0.4, 0.5) is 0 Å². The van der Waals surface area contributed by atoms with Crippen LogP contribution in [0.5, 0.6) is 0 Å². The van der Waals surface area contributed by atoms with E-state index in [0.717, 1.165) is 10.9 Å². The molecule has 0 bridgehead atoms. The quantitative estimate of drug-likeness (QED) is 0.554. The van der Waals surface area contributed by atoms with Crippen molar-refractivity contribution in [2.45, 2.75) is 46.4 Å². The van der Waals surface area contributed by atoms with Crippen LogP contribution in [-0.2, 0) is 14.1 Å². The summed E-state index contributed by atoms with van der Waals surface area (Å²) >= 11 is 9.39. The van der Waals surface area contributed by atoms with Crippen LogP contribution >= 0.6 is 27.5 Å². The minimum Gasteiger partial charge on any atom is -0.410 e. The van der Waals surface area contributed by atoms with E-state index in [4.69, 9.17) is 20.9 Å². The van der Waals surface area contributed by atoms with Gasteiger partial charge in [-0.15, -0.1) is 0 Å². The number of carbonyl (C=O) groups is 2. The molecule has 1 N–H and O–H groups in total. The van der Waals surface area contributed by atoms with E-state index < -0.39 is 0 Å². The standard InChI is InChI=1S/C20H28BBrClNO4/c1-13(2)7-14(21-27-11-20(3,4)12-28-21)8-16(25)10-24-19(26)17-9-15(22)5-6-18(17)23/h5-6,9,13-14H,7-8,10-12H2,1-4H3,(H,24,26)/t14-/m1/s1. The van der Waals surface area contributed by atoms with Gasteiger partial charge in [-0.1, -0.05) is 55.2 Å². The molecular weight excluding hydrogens is 444 g/mol. The first-order chi connectivity index (χ1) is 13.1. The highest BCUT2D eigenvalue weighted by atomic mass is 79.9. The molecule has 1 aliphatic heterocycles. The molecule has 2 rings (SSSR count). The molecule has 0 aliphatic carbocycles. The Labute approximate surface area is 181 Å². The van der Waals surface area contributed by atoms with E-state index in [1.807, 2.05) is 0 Å². The van der Waals surface area contributed by atoms with Crippen molar-refractivity contribution in [3.8, 4) is 0 Å². The fourth-order valence-electron chi connectivity index (χ4n) is 3.18. The zero-order valence-electron chi connectivity index (χ0n) is 16.9. The Morgan fingerprint density at radius 3 is 2.54 bits per heavy atom. The molecule has 1 aromatic carbocycles. The number of hydrogen-bond acceptors (Lipinski definition) is 4. The van der Waals surface area contributed by atoms with Crippen LogP contribution < -0.4 is 5.32 Å². The zero-order chi connectivity index (χ0) is 20.9. The second-order valence-corrected chi connectivity index (χ2v) is 9.92. The fraction of sp³-hybridized carbons (Fsp3) is 0.600. The van der Waals surface area contributed by atoms with E-state index in [1.165, 1.54) is 0 Å². The van der Waals surface area contributed by atoms with Crippen molar-refractivity contribution in [1.29, 1.82) is 0 Å². The second-order valence-electron chi connectivity index (χ2n) is 8.59. The highest BCUT2D eigenvalue weighted by Crippen LogP contribution is 2.32. The fourth-order valence-corrected chi connectivity index (χ4v) is 3.75. The highest BCUT2D eigenvalue weighted by molar-refractivity contribution is 9.10. The molecule has 0 saturated carbocycles. The van der Waals surface area contributed by atoms with Gasteiger partial charge < -0.3 is 14.6 Å². The Balaban J connectivity index is 1.92. The lowest BCUT2D eigenvalue weighted by Crippen LogP contribution is -2.44. The number of rotatable bonds is 8. The van der Waals surface area contributed by atoms with Crippen molar-refractivity contribution in [3.05, 3.63) is 33.3 Å². The molecule has 8 heteroatoms. The van der Waals surface area contributed by atoms with Crippen LogP contribution in [0.2, 0.25) is 10.8 Å². The Hall–Kier alpha value is -0.885. The van der Waals surface area contributed by atoms with Crippen LogP contribution in [0.1, 0.15) is 50.9 Å². The van der Waals surface area contributed by atoms with Gasteiger partial charge in [0, 0.05) is 35.3 Å². The summed E-state index contributed by atoms with van der Waals surface area (Å²) in [5.41, 5.74) is 0.323. The molecule has 1 heterocycles. The van der Waals surface area contributed by atoms with Gasteiger partial charge in [0.15, 0.2) is 5.78 Å². The van der Waals surface area contributed by atoms with E-state index in [2.05, 4.69) is 48.9 Å². The molecular formula is C20H28BBrClNO4. The first-order valence-corrected chi connectivity index (χ1v) is 10.7. The van der Waals surface area contributed by atoms with Gasteiger partial charge in [0.25, 0.3) is 5.91 Å². The van der Waals surface area contributed by atoms with Gasteiger partial charge in [-0.25, -0.2) is 0 Å². The number of amides is 1. The number of ketones is 1. The lowest BCUT2D eigenvalue weighted by Gasteiger charge is -2.36. The molecule has 0 spiro atoms. The summed E-state index contributed by atoms with van der Waals surface area (Å²) in [6.07, 6.45) is 1.12. The summed E-state index contributed by atoms with van der Waals surface area (Å²) in [4.78, 5) is 24.9. The third-order valence-corrected chi connectivity index (χ3v) is 5.37. The SMILES string of the molecule is CC(C)C[C@H](CC(=O)CNC(=O)c1cc(Br)ccc1Cl)B1OCC(C)(C)CO1. The molecule has 0 radical (unpaired) electrons. The monoisotopic (exact) mass is 471 g/mol. The van der Waals surface area contributed by atoms with Gasteiger partial charge in [0.05, 0.1) is 17.1 Å². The molecule has 1 aromatic rings. The van der Waals surface area contributed by atoms with Crippen molar-refractivity contribution < 1.29 is 18.9 Å². The normalized spacial score (nSPS) is 17.5. The Morgan fingerprint density at radius 2 is 1.93 bits per heavy atom.